The Morgan fingerprint density at radius 2 is 2.24 bits per heavy atom. The summed E-state index contributed by atoms with van der Waals surface area (Å²) in [6, 6.07) is 9.08. The van der Waals surface area contributed by atoms with Crippen LogP contribution in [-0.2, 0) is 11.8 Å². The molecule has 0 aliphatic carbocycles. The largest absolute Gasteiger partial charge is 0.491 e. The number of carbonyl (C=O) groups is 1. The Kier molecular flexibility index (Phi) is 5.35. The van der Waals surface area contributed by atoms with Crippen LogP contribution in [0.2, 0.25) is 0 Å². The maximum atomic E-state index is 12.6. The highest BCUT2D eigenvalue weighted by molar-refractivity contribution is 6.03. The first-order valence-electron chi connectivity index (χ1n) is 9.73. The SMILES string of the molecule is Cc1nn(C)c(C)c1-c1cc(C(=O)Nc2cccc(OCC3CCCO3)c2)[nH]n1. The number of anilines is 1. The summed E-state index contributed by atoms with van der Waals surface area (Å²) in [5, 5.41) is 14.4. The third-order valence-corrected chi connectivity index (χ3v) is 5.14. The molecule has 1 unspecified atom stereocenters. The highest BCUT2D eigenvalue weighted by Crippen LogP contribution is 2.26. The van der Waals surface area contributed by atoms with Gasteiger partial charge in [-0.15, -0.1) is 0 Å². The van der Waals surface area contributed by atoms with E-state index in [-0.39, 0.29) is 12.0 Å². The molecule has 0 saturated carbocycles. The van der Waals surface area contributed by atoms with Crippen LogP contribution < -0.4 is 10.1 Å². The molecule has 8 nitrogen and oxygen atoms in total. The first-order chi connectivity index (χ1) is 14.0. The van der Waals surface area contributed by atoms with Crippen LogP contribution in [0.1, 0.15) is 34.7 Å². The number of aryl methyl sites for hydroxylation is 2. The van der Waals surface area contributed by atoms with Crippen LogP contribution in [-0.4, -0.2) is 45.2 Å². The van der Waals surface area contributed by atoms with E-state index in [2.05, 4.69) is 20.6 Å². The van der Waals surface area contributed by atoms with Crippen LogP contribution in [0.5, 0.6) is 5.75 Å². The van der Waals surface area contributed by atoms with Gasteiger partial charge in [0, 0.05) is 36.7 Å². The quantitative estimate of drug-likeness (QED) is 0.668. The van der Waals surface area contributed by atoms with Gasteiger partial charge < -0.3 is 14.8 Å². The molecule has 1 saturated heterocycles. The molecule has 3 aromatic rings. The summed E-state index contributed by atoms with van der Waals surface area (Å²) in [5.41, 5.74) is 4.55. The predicted molar refractivity (Wildman–Crippen MR) is 109 cm³/mol. The van der Waals surface area contributed by atoms with Gasteiger partial charge in [0.1, 0.15) is 18.1 Å². The zero-order valence-corrected chi connectivity index (χ0v) is 16.9. The molecule has 3 heterocycles. The minimum atomic E-state index is -0.265. The van der Waals surface area contributed by atoms with E-state index in [9.17, 15) is 4.79 Å². The Morgan fingerprint density at radius 1 is 1.38 bits per heavy atom. The van der Waals surface area contributed by atoms with Gasteiger partial charge in [0.2, 0.25) is 0 Å². The molecule has 1 amide bonds. The smallest absolute Gasteiger partial charge is 0.273 e. The van der Waals surface area contributed by atoms with E-state index in [0.717, 1.165) is 36.4 Å². The predicted octanol–water partition coefficient (Wildman–Crippen LogP) is 3.24. The third-order valence-electron chi connectivity index (χ3n) is 5.14. The van der Waals surface area contributed by atoms with E-state index in [1.165, 1.54) is 0 Å². The standard InChI is InChI=1S/C21H25N5O3/c1-13-20(14(2)26(3)25-13)18-11-19(24-23-18)21(27)22-15-6-4-7-16(10-15)29-12-17-8-5-9-28-17/h4,6-7,10-11,17H,5,8-9,12H2,1-3H3,(H,22,27)(H,23,24). The van der Waals surface area contributed by atoms with Crippen molar-refractivity contribution in [3.8, 4) is 17.0 Å². The average Bonchev–Trinajstić information content (AvgIpc) is 3.43. The van der Waals surface area contributed by atoms with Gasteiger partial charge in [-0.25, -0.2) is 0 Å². The Hall–Kier alpha value is -3.13. The van der Waals surface area contributed by atoms with E-state index in [4.69, 9.17) is 9.47 Å². The van der Waals surface area contributed by atoms with E-state index in [1.807, 2.05) is 39.1 Å². The van der Waals surface area contributed by atoms with Crippen LogP contribution in [0.3, 0.4) is 0 Å². The lowest BCUT2D eigenvalue weighted by Gasteiger charge is -2.12. The number of nitrogens with one attached hydrogen (secondary N) is 2. The molecule has 1 fully saturated rings. The molecule has 4 rings (SSSR count). The number of carbonyl (C=O) groups excluding carboxylic acids is 1. The number of nitrogens with zero attached hydrogens (tertiary/aromatic N) is 3. The first kappa shape index (κ1) is 19.2. The molecule has 1 atom stereocenters. The summed E-state index contributed by atoms with van der Waals surface area (Å²) < 4.78 is 13.2. The second-order valence-corrected chi connectivity index (χ2v) is 7.26. The van der Waals surface area contributed by atoms with Crippen LogP contribution in [0, 0.1) is 13.8 Å². The summed E-state index contributed by atoms with van der Waals surface area (Å²) in [6.45, 7) is 5.23. The molecule has 1 aliphatic rings. The molecular weight excluding hydrogens is 370 g/mol. The van der Waals surface area contributed by atoms with Gasteiger partial charge in [0.15, 0.2) is 0 Å². The summed E-state index contributed by atoms with van der Waals surface area (Å²) in [7, 11) is 1.89. The number of H-pyrrole nitrogens is 1. The van der Waals surface area contributed by atoms with Crippen molar-refractivity contribution in [1.29, 1.82) is 0 Å². The number of benzene rings is 1. The molecule has 0 bridgehead atoms. The van der Waals surface area contributed by atoms with Crippen LogP contribution in [0.25, 0.3) is 11.3 Å². The zero-order valence-electron chi connectivity index (χ0n) is 16.9. The Balaban J connectivity index is 1.43. The lowest BCUT2D eigenvalue weighted by molar-refractivity contribution is 0.0680. The number of hydrogen-bond acceptors (Lipinski definition) is 5. The van der Waals surface area contributed by atoms with Gasteiger partial charge >= 0.3 is 0 Å². The molecule has 1 aliphatic heterocycles. The molecule has 0 radical (unpaired) electrons. The maximum absolute atomic E-state index is 12.6. The monoisotopic (exact) mass is 395 g/mol. The minimum Gasteiger partial charge on any atom is -0.491 e. The summed E-state index contributed by atoms with van der Waals surface area (Å²) in [4.78, 5) is 12.6. The van der Waals surface area contributed by atoms with Gasteiger partial charge in [0.25, 0.3) is 5.91 Å². The Bertz CT molecular complexity index is 1020. The Labute approximate surface area is 169 Å². The lowest BCUT2D eigenvalue weighted by Crippen LogP contribution is -2.16. The second kappa shape index (κ2) is 8.08. The highest BCUT2D eigenvalue weighted by atomic mass is 16.5. The van der Waals surface area contributed by atoms with E-state index < -0.39 is 0 Å². The van der Waals surface area contributed by atoms with Crippen LogP contribution in [0.4, 0.5) is 5.69 Å². The number of hydrogen-bond donors (Lipinski definition) is 2. The van der Waals surface area contributed by atoms with Crippen molar-refractivity contribution in [1.82, 2.24) is 20.0 Å². The van der Waals surface area contributed by atoms with Crippen molar-refractivity contribution in [2.24, 2.45) is 7.05 Å². The fourth-order valence-electron chi connectivity index (χ4n) is 3.54. The van der Waals surface area contributed by atoms with Crippen LogP contribution >= 0.6 is 0 Å². The maximum Gasteiger partial charge on any atom is 0.273 e. The van der Waals surface area contributed by atoms with Gasteiger partial charge in [0.05, 0.1) is 17.5 Å². The molecule has 29 heavy (non-hydrogen) atoms. The lowest BCUT2D eigenvalue weighted by atomic mass is 10.1. The van der Waals surface area contributed by atoms with Crippen molar-refractivity contribution < 1.29 is 14.3 Å². The average molecular weight is 395 g/mol. The van der Waals surface area contributed by atoms with Crippen molar-refractivity contribution in [3.05, 3.63) is 47.4 Å². The fraction of sp³-hybridized carbons (Fsp3) is 0.381. The van der Waals surface area contributed by atoms with E-state index in [1.54, 1.807) is 16.8 Å². The van der Waals surface area contributed by atoms with E-state index in [0.29, 0.717) is 29.4 Å². The van der Waals surface area contributed by atoms with Gasteiger partial charge in [-0.05, 0) is 44.9 Å². The zero-order chi connectivity index (χ0) is 20.4. The molecule has 8 heteroatoms. The van der Waals surface area contributed by atoms with Gasteiger partial charge in [-0.2, -0.15) is 10.2 Å². The number of aromatic amines is 1. The van der Waals surface area contributed by atoms with Crippen molar-refractivity contribution >= 4 is 11.6 Å². The summed E-state index contributed by atoms with van der Waals surface area (Å²) in [6.07, 6.45) is 2.25. The number of aromatic nitrogens is 4. The van der Waals surface area contributed by atoms with Crippen LogP contribution in [0.15, 0.2) is 30.3 Å². The molecular formula is C21H25N5O3. The Morgan fingerprint density at radius 3 is 2.97 bits per heavy atom. The summed E-state index contributed by atoms with van der Waals surface area (Å²) in [5.74, 6) is 0.435. The second-order valence-electron chi connectivity index (χ2n) is 7.26. The summed E-state index contributed by atoms with van der Waals surface area (Å²) >= 11 is 0. The topological polar surface area (TPSA) is 94.1 Å². The normalized spacial score (nSPS) is 16.2. The minimum absolute atomic E-state index is 0.149. The molecule has 2 aromatic heterocycles. The number of ether oxygens (including phenoxy) is 2. The van der Waals surface area contributed by atoms with Crippen molar-refractivity contribution in [2.45, 2.75) is 32.8 Å². The van der Waals surface area contributed by atoms with Crippen molar-refractivity contribution in [3.63, 3.8) is 0 Å². The number of amides is 1. The van der Waals surface area contributed by atoms with Gasteiger partial charge in [-0.3, -0.25) is 14.6 Å². The highest BCUT2D eigenvalue weighted by Gasteiger charge is 2.18. The van der Waals surface area contributed by atoms with E-state index >= 15 is 0 Å². The van der Waals surface area contributed by atoms with Gasteiger partial charge in [-0.1, -0.05) is 6.07 Å². The fourth-order valence-corrected chi connectivity index (χ4v) is 3.54. The molecule has 2 N–H and O–H groups in total. The first-order valence-corrected chi connectivity index (χ1v) is 9.73. The molecule has 0 spiro atoms. The molecule has 152 valence electrons. The number of rotatable bonds is 6. The third kappa shape index (κ3) is 4.17. The molecule has 1 aromatic carbocycles. The van der Waals surface area contributed by atoms with Crippen molar-refractivity contribution in [2.75, 3.05) is 18.5 Å².